The summed E-state index contributed by atoms with van der Waals surface area (Å²) in [7, 11) is 1.80. The highest BCUT2D eigenvalue weighted by Gasteiger charge is 2.20. The highest BCUT2D eigenvalue weighted by atomic mass is 16.5. The van der Waals surface area contributed by atoms with Crippen LogP contribution in [0.2, 0.25) is 0 Å². The molecule has 3 aromatic rings. The summed E-state index contributed by atoms with van der Waals surface area (Å²) in [5.41, 5.74) is 8.75. The first kappa shape index (κ1) is 13.3. The fraction of sp³-hybridized carbons (Fsp3) is 0.188. The van der Waals surface area contributed by atoms with Crippen molar-refractivity contribution < 1.29 is 13.9 Å². The number of nitrogen functional groups attached to an aromatic ring is 1. The molecule has 0 unspecified atom stereocenters. The van der Waals surface area contributed by atoms with Gasteiger partial charge in [0.2, 0.25) is 0 Å². The summed E-state index contributed by atoms with van der Waals surface area (Å²) in [4.78, 5) is 12.0. The van der Waals surface area contributed by atoms with Gasteiger partial charge in [-0.1, -0.05) is 0 Å². The molecule has 5 heteroatoms. The molecule has 5 nitrogen and oxygen atoms in total. The molecule has 1 aromatic carbocycles. The third-order valence-corrected chi connectivity index (χ3v) is 3.51. The van der Waals surface area contributed by atoms with Gasteiger partial charge in [0.25, 0.3) is 0 Å². The number of aryl methyl sites for hydroxylation is 1. The Labute approximate surface area is 121 Å². The lowest BCUT2D eigenvalue weighted by Gasteiger charge is -2.04. The molecule has 2 heterocycles. The van der Waals surface area contributed by atoms with Crippen molar-refractivity contribution in [2.24, 2.45) is 7.05 Å². The van der Waals surface area contributed by atoms with E-state index in [1.165, 1.54) is 0 Å². The SMILES string of the molecule is CCOC(=O)c1c(N)c2cc(-c3ccco3)ccc2n1C. The maximum absolute atomic E-state index is 12.0. The van der Waals surface area contributed by atoms with Gasteiger partial charge in [-0.3, -0.25) is 0 Å². The second-order valence-electron chi connectivity index (χ2n) is 4.75. The van der Waals surface area contributed by atoms with Crippen LogP contribution in [0, 0.1) is 0 Å². The molecule has 2 aromatic heterocycles. The van der Waals surface area contributed by atoms with Crippen LogP contribution in [0.3, 0.4) is 0 Å². The van der Waals surface area contributed by atoms with Crippen molar-refractivity contribution in [3.8, 4) is 11.3 Å². The van der Waals surface area contributed by atoms with E-state index in [4.69, 9.17) is 14.9 Å². The Morgan fingerprint density at radius 2 is 2.19 bits per heavy atom. The van der Waals surface area contributed by atoms with Crippen molar-refractivity contribution in [1.29, 1.82) is 0 Å². The number of hydrogen-bond donors (Lipinski definition) is 1. The zero-order chi connectivity index (χ0) is 15.0. The standard InChI is InChI=1S/C16H16N2O3/c1-3-20-16(19)15-14(17)11-9-10(13-5-4-8-21-13)6-7-12(11)18(15)2/h4-9H,3,17H2,1-2H3. The summed E-state index contributed by atoms with van der Waals surface area (Å²) in [5, 5.41) is 0.814. The lowest BCUT2D eigenvalue weighted by Crippen LogP contribution is -2.11. The predicted molar refractivity (Wildman–Crippen MR) is 81.0 cm³/mol. The zero-order valence-electron chi connectivity index (χ0n) is 11.9. The highest BCUT2D eigenvalue weighted by Crippen LogP contribution is 2.32. The summed E-state index contributed by atoms with van der Waals surface area (Å²) < 4.78 is 12.2. The van der Waals surface area contributed by atoms with E-state index in [0.717, 1.165) is 22.2 Å². The smallest absolute Gasteiger partial charge is 0.357 e. The number of rotatable bonds is 3. The molecular formula is C16H16N2O3. The number of hydrogen-bond acceptors (Lipinski definition) is 4. The molecule has 2 N–H and O–H groups in total. The number of aromatic nitrogens is 1. The number of anilines is 1. The van der Waals surface area contributed by atoms with Crippen molar-refractivity contribution in [2.75, 3.05) is 12.3 Å². The van der Waals surface area contributed by atoms with Crippen LogP contribution >= 0.6 is 0 Å². The molecule has 0 aliphatic heterocycles. The number of carbonyl (C=O) groups excluding carboxylic acids is 1. The molecule has 108 valence electrons. The maximum Gasteiger partial charge on any atom is 0.357 e. The van der Waals surface area contributed by atoms with Crippen LogP contribution in [0.5, 0.6) is 0 Å². The monoisotopic (exact) mass is 284 g/mol. The fourth-order valence-electron chi connectivity index (χ4n) is 2.52. The molecule has 21 heavy (non-hydrogen) atoms. The van der Waals surface area contributed by atoms with Gasteiger partial charge in [-0.15, -0.1) is 0 Å². The van der Waals surface area contributed by atoms with Crippen LogP contribution in [0.25, 0.3) is 22.2 Å². The number of fused-ring (bicyclic) bond motifs is 1. The molecule has 0 saturated carbocycles. The number of ether oxygens (including phenoxy) is 1. The van der Waals surface area contributed by atoms with Crippen LogP contribution in [0.15, 0.2) is 41.0 Å². The van der Waals surface area contributed by atoms with E-state index in [-0.39, 0.29) is 0 Å². The van der Waals surface area contributed by atoms with Gasteiger partial charge in [-0.05, 0) is 37.3 Å². The number of nitrogens with zero attached hydrogens (tertiary/aromatic N) is 1. The average Bonchev–Trinajstić information content (AvgIpc) is 3.08. The van der Waals surface area contributed by atoms with Crippen molar-refractivity contribution in [3.05, 3.63) is 42.3 Å². The first-order valence-corrected chi connectivity index (χ1v) is 6.72. The zero-order valence-corrected chi connectivity index (χ0v) is 11.9. The molecule has 0 fully saturated rings. The Bertz CT molecular complexity index is 801. The molecule has 0 spiro atoms. The quantitative estimate of drug-likeness (QED) is 0.750. The summed E-state index contributed by atoms with van der Waals surface area (Å²) in [5.74, 6) is 0.353. The normalized spacial score (nSPS) is 11.0. The van der Waals surface area contributed by atoms with Crippen LogP contribution < -0.4 is 5.73 Å². The first-order chi connectivity index (χ1) is 10.1. The van der Waals surface area contributed by atoms with Crippen molar-refractivity contribution in [3.63, 3.8) is 0 Å². The number of furan rings is 1. The average molecular weight is 284 g/mol. The molecule has 0 atom stereocenters. The minimum Gasteiger partial charge on any atom is -0.464 e. The van der Waals surface area contributed by atoms with Gasteiger partial charge < -0.3 is 19.5 Å². The van der Waals surface area contributed by atoms with Crippen molar-refractivity contribution in [1.82, 2.24) is 4.57 Å². The van der Waals surface area contributed by atoms with E-state index in [2.05, 4.69) is 0 Å². The lowest BCUT2D eigenvalue weighted by atomic mass is 10.1. The van der Waals surface area contributed by atoms with Gasteiger partial charge in [0.1, 0.15) is 5.76 Å². The van der Waals surface area contributed by atoms with Gasteiger partial charge in [0.15, 0.2) is 5.69 Å². The number of nitrogens with two attached hydrogens (primary N) is 1. The first-order valence-electron chi connectivity index (χ1n) is 6.72. The molecular weight excluding hydrogens is 268 g/mol. The minimum atomic E-state index is -0.409. The molecule has 3 rings (SSSR count). The third-order valence-electron chi connectivity index (χ3n) is 3.51. The number of benzene rings is 1. The number of esters is 1. The largest absolute Gasteiger partial charge is 0.464 e. The second kappa shape index (κ2) is 5.01. The van der Waals surface area contributed by atoms with E-state index in [0.29, 0.717) is 18.0 Å². The molecule has 0 radical (unpaired) electrons. The van der Waals surface area contributed by atoms with E-state index in [1.807, 2.05) is 30.3 Å². The van der Waals surface area contributed by atoms with Crippen LogP contribution in [-0.4, -0.2) is 17.1 Å². The lowest BCUT2D eigenvalue weighted by molar-refractivity contribution is 0.0517. The topological polar surface area (TPSA) is 70.4 Å². The van der Waals surface area contributed by atoms with Crippen molar-refractivity contribution >= 4 is 22.6 Å². The molecule has 0 aliphatic carbocycles. The van der Waals surface area contributed by atoms with E-state index in [1.54, 1.807) is 24.8 Å². The maximum atomic E-state index is 12.0. The Balaban J connectivity index is 2.18. The fourth-order valence-corrected chi connectivity index (χ4v) is 2.52. The van der Waals surface area contributed by atoms with Crippen LogP contribution in [-0.2, 0) is 11.8 Å². The van der Waals surface area contributed by atoms with Crippen LogP contribution in [0.4, 0.5) is 5.69 Å². The van der Waals surface area contributed by atoms with Gasteiger partial charge in [-0.25, -0.2) is 4.79 Å². The molecule has 0 amide bonds. The molecule has 0 bridgehead atoms. The van der Waals surface area contributed by atoms with Gasteiger partial charge in [0.05, 0.1) is 24.1 Å². The summed E-state index contributed by atoms with van der Waals surface area (Å²) in [6.07, 6.45) is 1.62. The van der Waals surface area contributed by atoms with Gasteiger partial charge in [-0.2, -0.15) is 0 Å². The Kier molecular flexibility index (Phi) is 3.17. The molecule has 0 saturated heterocycles. The van der Waals surface area contributed by atoms with Gasteiger partial charge in [0, 0.05) is 18.0 Å². The highest BCUT2D eigenvalue weighted by molar-refractivity contribution is 6.06. The summed E-state index contributed by atoms with van der Waals surface area (Å²) in [6, 6.07) is 9.50. The number of carbonyl (C=O) groups is 1. The van der Waals surface area contributed by atoms with E-state index >= 15 is 0 Å². The molecule has 0 aliphatic rings. The van der Waals surface area contributed by atoms with Crippen LogP contribution in [0.1, 0.15) is 17.4 Å². The minimum absolute atomic E-state index is 0.317. The Morgan fingerprint density at radius 1 is 1.38 bits per heavy atom. The van der Waals surface area contributed by atoms with Gasteiger partial charge >= 0.3 is 5.97 Å². The predicted octanol–water partition coefficient (Wildman–Crippen LogP) is 3.20. The second-order valence-corrected chi connectivity index (χ2v) is 4.75. The summed E-state index contributed by atoms with van der Waals surface area (Å²) in [6.45, 7) is 2.09. The Hall–Kier alpha value is -2.69. The summed E-state index contributed by atoms with van der Waals surface area (Å²) >= 11 is 0. The van der Waals surface area contributed by atoms with E-state index < -0.39 is 5.97 Å². The van der Waals surface area contributed by atoms with E-state index in [9.17, 15) is 4.79 Å². The Morgan fingerprint density at radius 3 is 2.86 bits per heavy atom. The van der Waals surface area contributed by atoms with Crippen molar-refractivity contribution in [2.45, 2.75) is 6.92 Å². The third kappa shape index (κ3) is 2.07.